The van der Waals surface area contributed by atoms with Crippen molar-refractivity contribution in [2.45, 2.75) is 19.5 Å². The molecule has 0 spiro atoms. The molecule has 2 rings (SSSR count). The number of rotatable bonds is 4. The van der Waals surface area contributed by atoms with Gasteiger partial charge in [0.2, 0.25) is 0 Å². The lowest BCUT2D eigenvalue weighted by Gasteiger charge is -2.17. The lowest BCUT2D eigenvalue weighted by Crippen LogP contribution is -2.30. The van der Waals surface area contributed by atoms with E-state index in [1.165, 1.54) is 12.1 Å². The van der Waals surface area contributed by atoms with Crippen LogP contribution in [0.3, 0.4) is 0 Å². The fourth-order valence-corrected chi connectivity index (χ4v) is 1.73. The minimum atomic E-state index is -4.54. The van der Waals surface area contributed by atoms with E-state index in [9.17, 15) is 18.0 Å². The quantitative estimate of drug-likeness (QED) is 0.930. The number of hydrogen-bond donors (Lipinski definition) is 1. The predicted molar refractivity (Wildman–Crippen MR) is 68.3 cm³/mol. The third-order valence-electron chi connectivity index (χ3n) is 2.70. The van der Waals surface area contributed by atoms with Crippen LogP contribution in [-0.2, 0) is 10.9 Å². The van der Waals surface area contributed by atoms with Gasteiger partial charge >= 0.3 is 12.3 Å². The van der Waals surface area contributed by atoms with Crippen LogP contribution in [0.4, 0.5) is 18.0 Å². The van der Waals surface area contributed by atoms with Crippen LogP contribution in [-0.4, -0.2) is 25.0 Å². The average molecular weight is 302 g/mol. The first-order valence-electron chi connectivity index (χ1n) is 6.25. The maximum absolute atomic E-state index is 13.1. The topological polar surface area (TPSA) is 59.9 Å². The number of hydrazone groups is 1. The van der Waals surface area contributed by atoms with E-state index in [4.69, 9.17) is 4.74 Å². The SMILES string of the molecule is CCCOc1ccc(C2=NNC(=O)OC2)cc1C(F)(F)F. The van der Waals surface area contributed by atoms with E-state index < -0.39 is 17.8 Å². The van der Waals surface area contributed by atoms with Crippen molar-refractivity contribution in [3.63, 3.8) is 0 Å². The molecule has 0 saturated heterocycles. The van der Waals surface area contributed by atoms with Gasteiger partial charge < -0.3 is 9.47 Å². The third-order valence-corrected chi connectivity index (χ3v) is 2.70. The van der Waals surface area contributed by atoms with Crippen molar-refractivity contribution in [3.05, 3.63) is 29.3 Å². The van der Waals surface area contributed by atoms with E-state index in [1.807, 2.05) is 0 Å². The molecule has 1 amide bonds. The summed E-state index contributed by atoms with van der Waals surface area (Å²) < 4.78 is 49.0. The molecule has 0 saturated carbocycles. The smallest absolute Gasteiger partial charge is 0.428 e. The van der Waals surface area contributed by atoms with Gasteiger partial charge in [-0.2, -0.15) is 18.3 Å². The average Bonchev–Trinajstić information content (AvgIpc) is 2.45. The Labute approximate surface area is 118 Å². The lowest BCUT2D eigenvalue weighted by molar-refractivity contribution is -0.139. The van der Waals surface area contributed by atoms with E-state index in [0.29, 0.717) is 6.42 Å². The van der Waals surface area contributed by atoms with Crippen LogP contribution in [0.2, 0.25) is 0 Å². The van der Waals surface area contributed by atoms with Crippen molar-refractivity contribution in [3.8, 4) is 5.75 Å². The summed E-state index contributed by atoms with van der Waals surface area (Å²) in [7, 11) is 0. The van der Waals surface area contributed by atoms with E-state index in [1.54, 1.807) is 6.92 Å². The Bertz CT molecular complexity index is 570. The third kappa shape index (κ3) is 3.65. The van der Waals surface area contributed by atoms with E-state index >= 15 is 0 Å². The molecule has 8 heteroatoms. The van der Waals surface area contributed by atoms with Gasteiger partial charge in [-0.05, 0) is 24.6 Å². The highest BCUT2D eigenvalue weighted by molar-refractivity contribution is 6.03. The highest BCUT2D eigenvalue weighted by Crippen LogP contribution is 2.37. The number of carbonyl (C=O) groups excluding carboxylic acids is 1. The summed E-state index contributed by atoms with van der Waals surface area (Å²) in [4.78, 5) is 10.8. The molecule has 0 unspecified atom stereocenters. The molecule has 1 N–H and O–H groups in total. The second-order valence-corrected chi connectivity index (χ2v) is 4.30. The number of nitrogens with one attached hydrogen (secondary N) is 1. The Morgan fingerprint density at radius 1 is 1.43 bits per heavy atom. The number of hydrogen-bond acceptors (Lipinski definition) is 4. The molecule has 1 aliphatic heterocycles. The van der Waals surface area contributed by atoms with Crippen LogP contribution in [0.5, 0.6) is 5.75 Å². The van der Waals surface area contributed by atoms with Crippen molar-refractivity contribution in [2.75, 3.05) is 13.2 Å². The Morgan fingerprint density at radius 3 is 2.76 bits per heavy atom. The van der Waals surface area contributed by atoms with Gasteiger partial charge in [0, 0.05) is 5.56 Å². The van der Waals surface area contributed by atoms with Gasteiger partial charge in [0.15, 0.2) is 0 Å². The van der Waals surface area contributed by atoms with Gasteiger partial charge in [-0.1, -0.05) is 6.92 Å². The lowest BCUT2D eigenvalue weighted by atomic mass is 10.1. The number of halogens is 3. The number of amides is 1. The van der Waals surface area contributed by atoms with Crippen LogP contribution >= 0.6 is 0 Å². The van der Waals surface area contributed by atoms with Gasteiger partial charge in [-0.25, -0.2) is 10.2 Å². The zero-order valence-corrected chi connectivity index (χ0v) is 11.2. The standard InChI is InChI=1S/C13H13F3N2O3/c1-2-5-20-11-4-3-8(6-9(11)13(14,15)16)10-7-21-12(19)18-17-10/h3-4,6H,2,5,7H2,1H3,(H,18,19). The van der Waals surface area contributed by atoms with Crippen LogP contribution in [0.25, 0.3) is 0 Å². The van der Waals surface area contributed by atoms with Crippen molar-refractivity contribution in [2.24, 2.45) is 5.10 Å². The molecule has 0 radical (unpaired) electrons. The monoisotopic (exact) mass is 302 g/mol. The van der Waals surface area contributed by atoms with Gasteiger partial charge in [0.05, 0.1) is 12.2 Å². The number of nitrogens with zero attached hydrogens (tertiary/aromatic N) is 1. The molecule has 114 valence electrons. The van der Waals surface area contributed by atoms with E-state index in [2.05, 4.69) is 15.3 Å². The number of carbonyl (C=O) groups is 1. The summed E-state index contributed by atoms with van der Waals surface area (Å²) in [6, 6.07) is 3.62. The first-order chi connectivity index (χ1) is 9.91. The molecular formula is C13H13F3N2O3. The normalized spacial score (nSPS) is 15.0. The van der Waals surface area contributed by atoms with Gasteiger partial charge in [-0.3, -0.25) is 0 Å². The molecule has 0 atom stereocenters. The molecule has 21 heavy (non-hydrogen) atoms. The Morgan fingerprint density at radius 2 is 2.19 bits per heavy atom. The van der Waals surface area contributed by atoms with Crippen LogP contribution < -0.4 is 10.2 Å². The molecule has 0 fully saturated rings. The molecule has 5 nitrogen and oxygen atoms in total. The summed E-state index contributed by atoms with van der Waals surface area (Å²) in [5, 5.41) is 3.68. The van der Waals surface area contributed by atoms with Crippen molar-refractivity contribution in [1.82, 2.24) is 5.43 Å². The molecular weight excluding hydrogens is 289 g/mol. The molecule has 0 aliphatic carbocycles. The highest BCUT2D eigenvalue weighted by atomic mass is 19.4. The summed E-state index contributed by atoms with van der Waals surface area (Å²) in [5.41, 5.74) is 1.59. The second kappa shape index (κ2) is 6.02. The van der Waals surface area contributed by atoms with Crippen LogP contribution in [0.1, 0.15) is 24.5 Å². The van der Waals surface area contributed by atoms with Gasteiger partial charge in [-0.15, -0.1) is 0 Å². The summed E-state index contributed by atoms with van der Waals surface area (Å²) >= 11 is 0. The number of ether oxygens (including phenoxy) is 2. The minimum absolute atomic E-state index is 0.182. The first kappa shape index (κ1) is 15.1. The maximum Gasteiger partial charge on any atom is 0.428 e. The molecule has 1 aromatic carbocycles. The van der Waals surface area contributed by atoms with Gasteiger partial charge in [0.1, 0.15) is 18.1 Å². The first-order valence-corrected chi connectivity index (χ1v) is 6.25. The van der Waals surface area contributed by atoms with Crippen LogP contribution in [0, 0.1) is 0 Å². The van der Waals surface area contributed by atoms with E-state index in [0.717, 1.165) is 6.07 Å². The fourth-order valence-electron chi connectivity index (χ4n) is 1.73. The minimum Gasteiger partial charge on any atom is -0.493 e. The molecule has 1 heterocycles. The highest BCUT2D eigenvalue weighted by Gasteiger charge is 2.35. The molecule has 0 bridgehead atoms. The Balaban J connectivity index is 2.35. The molecule has 1 aliphatic rings. The van der Waals surface area contributed by atoms with E-state index in [-0.39, 0.29) is 30.2 Å². The van der Waals surface area contributed by atoms with Crippen molar-refractivity contribution in [1.29, 1.82) is 0 Å². The molecule has 1 aromatic rings. The zero-order valence-electron chi connectivity index (χ0n) is 11.2. The number of benzene rings is 1. The number of cyclic esters (lactones) is 1. The summed E-state index contributed by atoms with van der Waals surface area (Å²) in [6.07, 6.45) is -4.68. The summed E-state index contributed by atoms with van der Waals surface area (Å²) in [6.45, 7) is 1.82. The fraction of sp³-hybridized carbons (Fsp3) is 0.385. The Hall–Kier alpha value is -2.25. The van der Waals surface area contributed by atoms with Gasteiger partial charge in [0.25, 0.3) is 0 Å². The Kier molecular flexibility index (Phi) is 4.35. The van der Waals surface area contributed by atoms with Crippen molar-refractivity contribution >= 4 is 11.8 Å². The zero-order chi connectivity index (χ0) is 15.5. The number of alkyl halides is 3. The second-order valence-electron chi connectivity index (χ2n) is 4.30. The van der Waals surface area contributed by atoms with Crippen LogP contribution in [0.15, 0.2) is 23.3 Å². The summed E-state index contributed by atoms with van der Waals surface area (Å²) in [5.74, 6) is -0.227. The molecule has 0 aromatic heterocycles. The largest absolute Gasteiger partial charge is 0.493 e. The van der Waals surface area contributed by atoms with Crippen molar-refractivity contribution < 1.29 is 27.4 Å². The maximum atomic E-state index is 13.1. The predicted octanol–water partition coefficient (Wildman–Crippen LogP) is 2.94.